The normalized spacial score (nSPS) is 13.4. The molecule has 10 heteroatoms. The van der Waals surface area contributed by atoms with E-state index in [1.165, 1.54) is 19.3 Å². The Bertz CT molecular complexity index is 2000. The molecule has 0 unspecified atom stereocenters. The van der Waals surface area contributed by atoms with E-state index >= 15 is 0 Å². The predicted octanol–water partition coefficient (Wildman–Crippen LogP) is 9.59. The number of ether oxygens (including phenoxy) is 1. The van der Waals surface area contributed by atoms with Crippen molar-refractivity contribution in [1.82, 2.24) is 19.7 Å². The Kier molecular flexibility index (Phi) is 9.10. The number of rotatable bonds is 8. The number of carboxylic acids is 1. The van der Waals surface area contributed by atoms with Gasteiger partial charge < -0.3 is 18.9 Å². The third-order valence-corrected chi connectivity index (χ3v) is 8.67. The predicted molar refractivity (Wildman–Crippen MR) is 181 cm³/mol. The Morgan fingerprint density at radius 2 is 1.63 bits per heavy atom. The van der Waals surface area contributed by atoms with Gasteiger partial charge in [-0.15, -0.1) is 12.4 Å². The van der Waals surface area contributed by atoms with Crippen molar-refractivity contribution >= 4 is 41.0 Å². The van der Waals surface area contributed by atoms with E-state index in [0.29, 0.717) is 40.7 Å². The van der Waals surface area contributed by atoms with Crippen molar-refractivity contribution in [3.63, 3.8) is 0 Å². The highest BCUT2D eigenvalue weighted by atomic mass is 35.5. The SMILES string of the molecule is Cc1noc(-c2ccc(-c3ccc(Cl)cc3)c(COc3ccc(-c4nc5cc(C(=O)O)ccc5n4C4CCCCC4)cc3)c2)n1.Cl. The Hall–Kier alpha value is -4.66. The van der Waals surface area contributed by atoms with Crippen molar-refractivity contribution < 1.29 is 19.2 Å². The minimum Gasteiger partial charge on any atom is -0.489 e. The number of carboxylic acid groups (broad SMARTS) is 1. The molecule has 0 saturated heterocycles. The van der Waals surface area contributed by atoms with Crippen LogP contribution in [0.4, 0.5) is 0 Å². The first-order valence-electron chi connectivity index (χ1n) is 15.1. The number of imidazole rings is 1. The largest absolute Gasteiger partial charge is 0.489 e. The maximum Gasteiger partial charge on any atom is 0.335 e. The summed E-state index contributed by atoms with van der Waals surface area (Å²) < 4.78 is 14.1. The second-order valence-corrected chi connectivity index (χ2v) is 11.9. The molecule has 234 valence electrons. The quantitative estimate of drug-likeness (QED) is 0.174. The summed E-state index contributed by atoms with van der Waals surface area (Å²) in [4.78, 5) is 21.0. The monoisotopic (exact) mass is 654 g/mol. The number of aryl methyl sites for hydroxylation is 1. The van der Waals surface area contributed by atoms with Gasteiger partial charge in [-0.2, -0.15) is 4.98 Å². The van der Waals surface area contributed by atoms with E-state index < -0.39 is 5.97 Å². The van der Waals surface area contributed by atoms with Gasteiger partial charge >= 0.3 is 5.97 Å². The van der Waals surface area contributed by atoms with Crippen molar-refractivity contribution in [2.45, 2.75) is 51.7 Å². The molecule has 0 spiro atoms. The van der Waals surface area contributed by atoms with Gasteiger partial charge in [0.25, 0.3) is 5.89 Å². The fourth-order valence-electron chi connectivity index (χ4n) is 6.18. The highest BCUT2D eigenvalue weighted by Crippen LogP contribution is 2.37. The summed E-state index contributed by atoms with van der Waals surface area (Å²) in [5, 5.41) is 14.2. The van der Waals surface area contributed by atoms with Crippen molar-refractivity contribution in [1.29, 1.82) is 0 Å². The summed E-state index contributed by atoms with van der Waals surface area (Å²) in [7, 11) is 0. The van der Waals surface area contributed by atoms with Crippen LogP contribution in [0, 0.1) is 6.92 Å². The van der Waals surface area contributed by atoms with E-state index in [4.69, 9.17) is 25.8 Å². The van der Waals surface area contributed by atoms with Crippen LogP contribution in [0.5, 0.6) is 5.75 Å². The van der Waals surface area contributed by atoms with Gasteiger partial charge in [-0.25, -0.2) is 9.78 Å². The average Bonchev–Trinajstić information content (AvgIpc) is 3.68. The summed E-state index contributed by atoms with van der Waals surface area (Å²) >= 11 is 6.16. The molecule has 4 aromatic carbocycles. The topological polar surface area (TPSA) is 103 Å². The number of aromatic carboxylic acids is 1. The highest BCUT2D eigenvalue weighted by molar-refractivity contribution is 6.30. The van der Waals surface area contributed by atoms with Crippen molar-refractivity contribution in [2.75, 3.05) is 0 Å². The molecule has 0 radical (unpaired) electrons. The molecule has 1 aliphatic rings. The minimum atomic E-state index is -0.955. The molecule has 8 nitrogen and oxygen atoms in total. The number of halogens is 2. The van der Waals surface area contributed by atoms with Gasteiger partial charge in [0.15, 0.2) is 5.82 Å². The van der Waals surface area contributed by atoms with Gasteiger partial charge in [-0.3, -0.25) is 0 Å². The van der Waals surface area contributed by atoms with Crippen LogP contribution in [-0.4, -0.2) is 30.8 Å². The molecular weight excluding hydrogens is 623 g/mol. The molecule has 2 aromatic heterocycles. The van der Waals surface area contributed by atoms with Gasteiger partial charge in [0, 0.05) is 22.2 Å². The van der Waals surface area contributed by atoms with E-state index in [-0.39, 0.29) is 18.0 Å². The van der Waals surface area contributed by atoms with Gasteiger partial charge in [0.1, 0.15) is 18.2 Å². The van der Waals surface area contributed by atoms with Crippen molar-refractivity contribution in [2.24, 2.45) is 0 Å². The molecule has 1 N–H and O–H groups in total. The van der Waals surface area contributed by atoms with Crippen LogP contribution < -0.4 is 4.74 Å². The maximum atomic E-state index is 11.7. The smallest absolute Gasteiger partial charge is 0.335 e. The lowest BCUT2D eigenvalue weighted by molar-refractivity contribution is 0.0697. The van der Waals surface area contributed by atoms with Gasteiger partial charge in [0.2, 0.25) is 0 Å². The van der Waals surface area contributed by atoms with Crippen LogP contribution in [-0.2, 0) is 6.61 Å². The van der Waals surface area contributed by atoms with Crippen molar-refractivity contribution in [3.8, 4) is 39.7 Å². The van der Waals surface area contributed by atoms with Gasteiger partial charge in [-0.05, 0) is 103 Å². The van der Waals surface area contributed by atoms with Crippen molar-refractivity contribution in [3.05, 3.63) is 107 Å². The zero-order valence-corrected chi connectivity index (χ0v) is 26.7. The minimum absolute atomic E-state index is 0. The molecule has 0 atom stereocenters. The number of hydrogen-bond donors (Lipinski definition) is 1. The Labute approximate surface area is 277 Å². The zero-order chi connectivity index (χ0) is 30.9. The number of carbonyl (C=O) groups is 1. The highest BCUT2D eigenvalue weighted by Gasteiger charge is 2.23. The number of fused-ring (bicyclic) bond motifs is 1. The summed E-state index contributed by atoms with van der Waals surface area (Å²) in [5.74, 6) is 1.64. The Morgan fingerprint density at radius 3 is 2.33 bits per heavy atom. The van der Waals surface area contributed by atoms with Gasteiger partial charge in [0.05, 0.1) is 16.6 Å². The molecule has 46 heavy (non-hydrogen) atoms. The summed E-state index contributed by atoms with van der Waals surface area (Å²) in [5.41, 5.74) is 6.67. The molecule has 1 saturated carbocycles. The second kappa shape index (κ2) is 13.4. The van der Waals surface area contributed by atoms with Crippen LogP contribution in [0.3, 0.4) is 0 Å². The average molecular weight is 656 g/mol. The molecule has 1 fully saturated rings. The van der Waals surface area contributed by atoms with E-state index in [9.17, 15) is 9.90 Å². The third-order valence-electron chi connectivity index (χ3n) is 8.42. The Morgan fingerprint density at radius 1 is 0.913 bits per heavy atom. The van der Waals surface area contributed by atoms with Crippen LogP contribution in [0.1, 0.15) is 59.9 Å². The number of nitrogens with zero attached hydrogens (tertiary/aromatic N) is 4. The van der Waals surface area contributed by atoms with Crippen LogP contribution in [0.15, 0.2) is 89.5 Å². The zero-order valence-electron chi connectivity index (χ0n) is 25.1. The van der Waals surface area contributed by atoms with Crippen LogP contribution in [0.25, 0.3) is 45.0 Å². The van der Waals surface area contributed by atoms with E-state index in [2.05, 4.69) is 14.7 Å². The third kappa shape index (κ3) is 6.36. The molecule has 0 amide bonds. The van der Waals surface area contributed by atoms with E-state index in [0.717, 1.165) is 52.0 Å². The first kappa shape index (κ1) is 31.3. The van der Waals surface area contributed by atoms with Crippen LogP contribution >= 0.6 is 24.0 Å². The number of hydrogen-bond acceptors (Lipinski definition) is 6. The molecule has 0 bridgehead atoms. The first-order chi connectivity index (χ1) is 21.9. The maximum absolute atomic E-state index is 11.7. The summed E-state index contributed by atoms with van der Waals surface area (Å²) in [6.07, 6.45) is 5.76. The first-order valence-corrected chi connectivity index (χ1v) is 15.5. The molecular formula is C36H32Cl2N4O4. The Balaban J connectivity index is 0.00000372. The molecule has 6 aromatic rings. The van der Waals surface area contributed by atoms with E-state index in [1.54, 1.807) is 19.1 Å². The lowest BCUT2D eigenvalue weighted by atomic mass is 9.95. The van der Waals surface area contributed by atoms with Gasteiger partial charge in [-0.1, -0.05) is 54.2 Å². The molecule has 1 aliphatic carbocycles. The molecule has 0 aliphatic heterocycles. The molecule has 7 rings (SSSR count). The molecule has 2 heterocycles. The van der Waals surface area contributed by atoms with Crippen LogP contribution in [0.2, 0.25) is 5.02 Å². The summed E-state index contributed by atoms with van der Waals surface area (Å²) in [6, 6.07) is 27.2. The van der Waals surface area contributed by atoms with E-state index in [1.807, 2.05) is 72.8 Å². The lowest BCUT2D eigenvalue weighted by Crippen LogP contribution is -2.14. The number of benzene rings is 4. The second-order valence-electron chi connectivity index (χ2n) is 11.4. The lowest BCUT2D eigenvalue weighted by Gasteiger charge is -2.25. The number of aromatic nitrogens is 4. The fourth-order valence-corrected chi connectivity index (χ4v) is 6.30. The summed E-state index contributed by atoms with van der Waals surface area (Å²) in [6.45, 7) is 2.11. The standard InChI is InChI=1S/C36H31ClN4O4.ClH/c1-22-38-35(45-40-22)25-11-17-31(23-7-13-28(37)14-8-23)27(19-25)21-44-30-15-9-24(10-16-30)34-39-32-20-26(36(42)43)12-18-33(32)41(34)29-5-3-2-4-6-29;/h7-20,29H,2-6,21H2,1H3,(H,42,43);1H. The fraction of sp³-hybridized carbons (Fsp3) is 0.222.